The molecule has 0 saturated carbocycles. The maximum absolute atomic E-state index is 11.8. The highest BCUT2D eigenvalue weighted by atomic mass is 16.5. The number of benzene rings is 1. The summed E-state index contributed by atoms with van der Waals surface area (Å²) in [5.74, 6) is 0.0521. The fourth-order valence-corrected chi connectivity index (χ4v) is 2.93. The van der Waals surface area contributed by atoms with Crippen LogP contribution >= 0.6 is 0 Å². The monoisotopic (exact) mass is 291 g/mol. The fraction of sp³-hybridized carbons (Fsp3) is 0.588. The number of carbonyl (C=O) groups is 1. The van der Waals surface area contributed by atoms with Gasteiger partial charge in [-0.05, 0) is 64.4 Å². The number of nitrogens with zero attached hydrogens (tertiary/aromatic N) is 1. The van der Waals surface area contributed by atoms with Gasteiger partial charge in [-0.2, -0.15) is 0 Å². The van der Waals surface area contributed by atoms with E-state index in [4.69, 9.17) is 4.74 Å². The van der Waals surface area contributed by atoms with Crippen LogP contribution in [0, 0.1) is 0 Å². The van der Waals surface area contributed by atoms with E-state index in [0.29, 0.717) is 6.42 Å². The Balaban J connectivity index is 2.18. The van der Waals surface area contributed by atoms with Crippen molar-refractivity contribution in [2.45, 2.75) is 51.7 Å². The standard InChI is InChI=1S/C17H25NO3/c1-13(2)21-15-8-6-7-14(11-15)12-17(3,16(19)20)18-9-4-5-10-18/h6-8,11,13H,4-5,9-10,12H2,1-3H3,(H,19,20). The zero-order valence-corrected chi connectivity index (χ0v) is 13.1. The number of likely N-dealkylation sites (tertiary alicyclic amines) is 1. The molecule has 1 aromatic rings. The summed E-state index contributed by atoms with van der Waals surface area (Å²) in [5.41, 5.74) is 0.164. The number of carboxylic acid groups (broad SMARTS) is 1. The van der Waals surface area contributed by atoms with E-state index in [1.54, 1.807) is 0 Å². The summed E-state index contributed by atoms with van der Waals surface area (Å²) in [4.78, 5) is 13.9. The van der Waals surface area contributed by atoms with Gasteiger partial charge in [-0.25, -0.2) is 0 Å². The molecule has 21 heavy (non-hydrogen) atoms. The molecule has 1 heterocycles. The minimum absolute atomic E-state index is 0.115. The highest BCUT2D eigenvalue weighted by molar-refractivity contribution is 5.78. The van der Waals surface area contributed by atoms with E-state index in [-0.39, 0.29) is 6.10 Å². The van der Waals surface area contributed by atoms with Crippen molar-refractivity contribution in [2.75, 3.05) is 13.1 Å². The van der Waals surface area contributed by atoms with Crippen molar-refractivity contribution in [2.24, 2.45) is 0 Å². The second-order valence-corrected chi connectivity index (χ2v) is 6.26. The summed E-state index contributed by atoms with van der Waals surface area (Å²) in [5, 5.41) is 9.70. The zero-order chi connectivity index (χ0) is 15.5. The predicted molar refractivity (Wildman–Crippen MR) is 82.8 cm³/mol. The van der Waals surface area contributed by atoms with Crippen LogP contribution in [-0.4, -0.2) is 40.7 Å². The van der Waals surface area contributed by atoms with Crippen LogP contribution in [0.4, 0.5) is 0 Å². The van der Waals surface area contributed by atoms with Gasteiger partial charge < -0.3 is 9.84 Å². The fourth-order valence-electron chi connectivity index (χ4n) is 2.93. The van der Waals surface area contributed by atoms with Crippen LogP contribution in [0.2, 0.25) is 0 Å². The Bertz CT molecular complexity index is 495. The molecule has 1 aliphatic heterocycles. The first-order chi connectivity index (χ1) is 9.91. The molecule has 1 fully saturated rings. The average Bonchev–Trinajstić information content (AvgIpc) is 2.92. The number of hydrogen-bond acceptors (Lipinski definition) is 3. The van der Waals surface area contributed by atoms with Crippen LogP contribution in [0.1, 0.15) is 39.2 Å². The molecule has 0 bridgehead atoms. The lowest BCUT2D eigenvalue weighted by Gasteiger charge is -2.35. The molecule has 4 heteroatoms. The van der Waals surface area contributed by atoms with Crippen LogP contribution < -0.4 is 4.74 Å². The third kappa shape index (κ3) is 3.76. The van der Waals surface area contributed by atoms with Gasteiger partial charge in [0.25, 0.3) is 0 Å². The largest absolute Gasteiger partial charge is 0.491 e. The van der Waals surface area contributed by atoms with Crippen molar-refractivity contribution in [3.05, 3.63) is 29.8 Å². The van der Waals surface area contributed by atoms with Crippen molar-refractivity contribution >= 4 is 5.97 Å². The Labute approximate surface area is 126 Å². The Morgan fingerprint density at radius 2 is 2.05 bits per heavy atom. The Morgan fingerprint density at radius 3 is 2.62 bits per heavy atom. The molecule has 0 radical (unpaired) electrons. The highest BCUT2D eigenvalue weighted by Crippen LogP contribution is 2.27. The lowest BCUT2D eigenvalue weighted by molar-refractivity contribution is -0.149. The molecule has 0 amide bonds. The second-order valence-electron chi connectivity index (χ2n) is 6.26. The molecule has 1 aliphatic rings. The van der Waals surface area contributed by atoms with Gasteiger partial charge in [0.2, 0.25) is 0 Å². The lowest BCUT2D eigenvalue weighted by atomic mass is 9.91. The van der Waals surface area contributed by atoms with Crippen LogP contribution in [0.3, 0.4) is 0 Å². The van der Waals surface area contributed by atoms with Gasteiger partial charge in [0, 0.05) is 6.42 Å². The van der Waals surface area contributed by atoms with Gasteiger partial charge in [-0.15, -0.1) is 0 Å². The summed E-state index contributed by atoms with van der Waals surface area (Å²) in [7, 11) is 0. The van der Waals surface area contributed by atoms with E-state index in [9.17, 15) is 9.90 Å². The maximum Gasteiger partial charge on any atom is 0.324 e. The van der Waals surface area contributed by atoms with Gasteiger partial charge in [0.15, 0.2) is 0 Å². The minimum atomic E-state index is -0.840. The zero-order valence-electron chi connectivity index (χ0n) is 13.1. The van der Waals surface area contributed by atoms with Crippen molar-refractivity contribution in [3.8, 4) is 5.75 Å². The molecule has 1 atom stereocenters. The van der Waals surface area contributed by atoms with Crippen LogP contribution in [-0.2, 0) is 11.2 Å². The van der Waals surface area contributed by atoms with Gasteiger partial charge >= 0.3 is 5.97 Å². The van der Waals surface area contributed by atoms with E-state index in [2.05, 4.69) is 4.90 Å². The van der Waals surface area contributed by atoms with E-state index < -0.39 is 11.5 Å². The first-order valence-corrected chi connectivity index (χ1v) is 7.66. The van der Waals surface area contributed by atoms with Crippen molar-refractivity contribution < 1.29 is 14.6 Å². The van der Waals surface area contributed by atoms with E-state index in [0.717, 1.165) is 37.2 Å². The highest BCUT2D eigenvalue weighted by Gasteiger charge is 2.40. The van der Waals surface area contributed by atoms with Gasteiger partial charge in [-0.1, -0.05) is 12.1 Å². The smallest absolute Gasteiger partial charge is 0.324 e. The number of ether oxygens (including phenoxy) is 1. The van der Waals surface area contributed by atoms with E-state index in [1.165, 1.54) is 0 Å². The predicted octanol–water partition coefficient (Wildman–Crippen LogP) is 2.96. The van der Waals surface area contributed by atoms with Gasteiger partial charge in [0.05, 0.1) is 6.10 Å². The van der Waals surface area contributed by atoms with Crippen molar-refractivity contribution in [3.63, 3.8) is 0 Å². The second kappa shape index (κ2) is 6.48. The Kier molecular flexibility index (Phi) is 4.88. The molecular weight excluding hydrogens is 266 g/mol. The molecule has 0 aromatic heterocycles. The number of hydrogen-bond donors (Lipinski definition) is 1. The molecule has 1 N–H and O–H groups in total. The first kappa shape index (κ1) is 15.8. The molecule has 1 unspecified atom stereocenters. The third-order valence-corrected chi connectivity index (χ3v) is 4.08. The summed E-state index contributed by atoms with van der Waals surface area (Å²) in [6, 6.07) is 7.78. The van der Waals surface area contributed by atoms with Gasteiger partial charge in [0.1, 0.15) is 11.3 Å². The average molecular weight is 291 g/mol. The maximum atomic E-state index is 11.8. The molecule has 0 spiro atoms. The Hall–Kier alpha value is -1.55. The lowest BCUT2D eigenvalue weighted by Crippen LogP contribution is -2.52. The van der Waals surface area contributed by atoms with E-state index >= 15 is 0 Å². The summed E-state index contributed by atoms with van der Waals surface area (Å²) < 4.78 is 5.69. The molecular formula is C17H25NO3. The molecule has 2 rings (SSSR count). The summed E-state index contributed by atoms with van der Waals surface area (Å²) in [6.45, 7) is 7.53. The molecule has 1 aromatic carbocycles. The molecule has 116 valence electrons. The van der Waals surface area contributed by atoms with Gasteiger partial charge in [-0.3, -0.25) is 9.69 Å². The van der Waals surface area contributed by atoms with Crippen LogP contribution in [0.25, 0.3) is 0 Å². The quantitative estimate of drug-likeness (QED) is 0.875. The Morgan fingerprint density at radius 1 is 1.38 bits per heavy atom. The van der Waals surface area contributed by atoms with Crippen molar-refractivity contribution in [1.82, 2.24) is 4.90 Å². The van der Waals surface area contributed by atoms with Crippen LogP contribution in [0.15, 0.2) is 24.3 Å². The number of aliphatic carboxylic acids is 1. The number of carboxylic acids is 1. The summed E-state index contributed by atoms with van der Waals surface area (Å²) in [6.07, 6.45) is 2.78. The normalized spacial score (nSPS) is 18.7. The van der Waals surface area contributed by atoms with Crippen LogP contribution in [0.5, 0.6) is 5.75 Å². The SMILES string of the molecule is CC(C)Oc1cccc(CC(C)(C(=O)O)N2CCCC2)c1. The minimum Gasteiger partial charge on any atom is -0.491 e. The number of rotatable bonds is 6. The topological polar surface area (TPSA) is 49.8 Å². The molecule has 0 aliphatic carbocycles. The van der Waals surface area contributed by atoms with E-state index in [1.807, 2.05) is 45.0 Å². The third-order valence-electron chi connectivity index (χ3n) is 4.08. The first-order valence-electron chi connectivity index (χ1n) is 7.66. The molecule has 1 saturated heterocycles. The summed E-state index contributed by atoms with van der Waals surface area (Å²) >= 11 is 0. The molecule has 4 nitrogen and oxygen atoms in total. The van der Waals surface area contributed by atoms with Crippen molar-refractivity contribution in [1.29, 1.82) is 0 Å².